The molecule has 17 heavy (non-hydrogen) atoms. The van der Waals surface area contributed by atoms with Crippen LogP contribution in [0.4, 0.5) is 0 Å². The number of amides is 1. The fraction of sp³-hybridized carbons (Fsp3) is 0.500. The normalized spacial score (nSPS) is 10.6. The van der Waals surface area contributed by atoms with Gasteiger partial charge in [-0.1, -0.05) is 23.2 Å². The third-order valence-electron chi connectivity index (χ3n) is 2.09. The molecule has 0 saturated carbocycles. The maximum absolute atomic E-state index is 12.2. The number of nitrogens with zero attached hydrogens (tertiary/aromatic N) is 1. The maximum Gasteiger partial charge on any atom is 0.256 e. The molecule has 3 nitrogen and oxygen atoms in total. The SMILES string of the molecule is COCCN(CCCl)C(=O)c1cc(Cl)sc1Cl. The minimum atomic E-state index is -0.171. The molecule has 1 aromatic heterocycles. The number of ether oxygens (including phenoxy) is 1. The Bertz CT molecular complexity index is 384. The van der Waals surface area contributed by atoms with Gasteiger partial charge in [0.1, 0.15) is 4.34 Å². The molecule has 0 saturated heterocycles. The first-order valence-electron chi connectivity index (χ1n) is 4.89. The molecule has 0 aromatic carbocycles. The van der Waals surface area contributed by atoms with Gasteiger partial charge in [0.05, 0.1) is 16.5 Å². The van der Waals surface area contributed by atoms with Gasteiger partial charge in [-0.05, 0) is 6.07 Å². The van der Waals surface area contributed by atoms with Crippen LogP contribution in [0.25, 0.3) is 0 Å². The van der Waals surface area contributed by atoms with E-state index in [9.17, 15) is 4.79 Å². The van der Waals surface area contributed by atoms with Gasteiger partial charge in [-0.2, -0.15) is 0 Å². The second kappa shape index (κ2) is 7.44. The molecule has 0 aliphatic carbocycles. The molecule has 0 fully saturated rings. The van der Waals surface area contributed by atoms with E-state index in [0.717, 1.165) is 0 Å². The zero-order chi connectivity index (χ0) is 12.8. The average Bonchev–Trinajstić information content (AvgIpc) is 2.63. The molecule has 0 unspecified atom stereocenters. The summed E-state index contributed by atoms with van der Waals surface area (Å²) in [7, 11) is 1.58. The summed E-state index contributed by atoms with van der Waals surface area (Å²) >= 11 is 18.6. The zero-order valence-corrected chi connectivity index (χ0v) is 12.3. The van der Waals surface area contributed by atoms with Crippen molar-refractivity contribution in [1.29, 1.82) is 0 Å². The molecule has 96 valence electrons. The van der Waals surface area contributed by atoms with Crippen LogP contribution in [0.2, 0.25) is 8.67 Å². The first-order valence-corrected chi connectivity index (χ1v) is 6.99. The fourth-order valence-corrected chi connectivity index (χ4v) is 2.93. The van der Waals surface area contributed by atoms with Gasteiger partial charge >= 0.3 is 0 Å². The Morgan fingerprint density at radius 2 is 2.18 bits per heavy atom. The summed E-state index contributed by atoms with van der Waals surface area (Å²) in [6.07, 6.45) is 0. The van der Waals surface area contributed by atoms with E-state index >= 15 is 0 Å². The predicted octanol–water partition coefficient (Wildman–Crippen LogP) is 3.38. The van der Waals surface area contributed by atoms with Crippen molar-refractivity contribution in [3.63, 3.8) is 0 Å². The third-order valence-corrected chi connectivity index (χ3v) is 3.75. The number of methoxy groups -OCH3 is 1. The molecule has 1 rings (SSSR count). The lowest BCUT2D eigenvalue weighted by molar-refractivity contribution is 0.0708. The van der Waals surface area contributed by atoms with Crippen molar-refractivity contribution in [3.05, 3.63) is 20.3 Å². The number of rotatable bonds is 6. The Labute approximate surface area is 119 Å². The van der Waals surface area contributed by atoms with Crippen LogP contribution in [-0.4, -0.2) is 43.5 Å². The van der Waals surface area contributed by atoms with Crippen molar-refractivity contribution in [2.45, 2.75) is 0 Å². The molecule has 7 heteroatoms. The van der Waals surface area contributed by atoms with Crippen LogP contribution < -0.4 is 0 Å². The average molecular weight is 317 g/mol. The summed E-state index contributed by atoms with van der Waals surface area (Å²) < 4.78 is 5.84. The monoisotopic (exact) mass is 315 g/mol. The number of alkyl halides is 1. The van der Waals surface area contributed by atoms with Gasteiger partial charge in [0, 0.05) is 26.1 Å². The summed E-state index contributed by atoms with van der Waals surface area (Å²) in [5, 5.41) is 0. The highest BCUT2D eigenvalue weighted by Crippen LogP contribution is 2.31. The summed E-state index contributed by atoms with van der Waals surface area (Å²) in [4.78, 5) is 13.7. The van der Waals surface area contributed by atoms with E-state index in [2.05, 4.69) is 0 Å². The van der Waals surface area contributed by atoms with Gasteiger partial charge in [0.2, 0.25) is 0 Å². The molecule has 0 aliphatic rings. The number of hydrogen-bond donors (Lipinski definition) is 0. The largest absolute Gasteiger partial charge is 0.383 e. The van der Waals surface area contributed by atoms with E-state index in [1.54, 1.807) is 18.1 Å². The summed E-state index contributed by atoms with van der Waals surface area (Å²) in [5.74, 6) is 0.196. The van der Waals surface area contributed by atoms with Crippen molar-refractivity contribution in [3.8, 4) is 0 Å². The Morgan fingerprint density at radius 3 is 2.65 bits per heavy atom. The van der Waals surface area contributed by atoms with Crippen molar-refractivity contribution < 1.29 is 9.53 Å². The lowest BCUT2D eigenvalue weighted by atomic mass is 10.3. The molecule has 0 bridgehead atoms. The van der Waals surface area contributed by atoms with E-state index in [4.69, 9.17) is 39.5 Å². The Kier molecular flexibility index (Phi) is 6.59. The van der Waals surface area contributed by atoms with Gasteiger partial charge in [0.25, 0.3) is 5.91 Å². The molecular weight excluding hydrogens is 305 g/mol. The Balaban J connectivity index is 2.79. The van der Waals surface area contributed by atoms with Crippen molar-refractivity contribution in [2.75, 3.05) is 32.7 Å². The summed E-state index contributed by atoms with van der Waals surface area (Å²) in [6, 6.07) is 1.57. The minimum absolute atomic E-state index is 0.171. The second-order valence-corrected chi connectivity index (χ2v) is 5.88. The maximum atomic E-state index is 12.2. The van der Waals surface area contributed by atoms with E-state index < -0.39 is 0 Å². The van der Waals surface area contributed by atoms with Gasteiger partial charge in [-0.3, -0.25) is 4.79 Å². The van der Waals surface area contributed by atoms with Gasteiger partial charge in [-0.15, -0.1) is 22.9 Å². The van der Waals surface area contributed by atoms with Gasteiger partial charge in [-0.25, -0.2) is 0 Å². The van der Waals surface area contributed by atoms with Crippen molar-refractivity contribution in [1.82, 2.24) is 4.90 Å². The predicted molar refractivity (Wildman–Crippen MR) is 72.8 cm³/mol. The number of thiophene rings is 1. The number of halogens is 3. The van der Waals surface area contributed by atoms with Gasteiger partial charge in [0.15, 0.2) is 0 Å². The van der Waals surface area contributed by atoms with Gasteiger partial charge < -0.3 is 9.64 Å². The standard InChI is InChI=1S/C10H12Cl3NO2S/c1-16-5-4-14(3-2-11)10(15)7-6-8(12)17-9(7)13/h6H,2-5H2,1H3. The third kappa shape index (κ3) is 4.30. The second-order valence-electron chi connectivity index (χ2n) is 3.21. The molecule has 1 heterocycles. The lowest BCUT2D eigenvalue weighted by Crippen LogP contribution is -2.35. The highest BCUT2D eigenvalue weighted by molar-refractivity contribution is 7.20. The lowest BCUT2D eigenvalue weighted by Gasteiger charge is -2.20. The topological polar surface area (TPSA) is 29.5 Å². The number of carbonyl (C=O) groups excluding carboxylic acids is 1. The first kappa shape index (κ1) is 15.1. The smallest absolute Gasteiger partial charge is 0.256 e. The van der Waals surface area contributed by atoms with Crippen LogP contribution in [0.5, 0.6) is 0 Å². The Morgan fingerprint density at radius 1 is 1.47 bits per heavy atom. The van der Waals surface area contributed by atoms with E-state index in [1.165, 1.54) is 11.3 Å². The van der Waals surface area contributed by atoms with Crippen LogP contribution in [-0.2, 0) is 4.74 Å². The quantitative estimate of drug-likeness (QED) is 0.753. The molecule has 0 N–H and O–H groups in total. The molecular formula is C10H12Cl3NO2S. The molecule has 0 radical (unpaired) electrons. The van der Waals surface area contributed by atoms with Crippen LogP contribution in [0.1, 0.15) is 10.4 Å². The van der Waals surface area contributed by atoms with Crippen LogP contribution in [0.15, 0.2) is 6.07 Å². The van der Waals surface area contributed by atoms with Crippen molar-refractivity contribution >= 4 is 52.0 Å². The van der Waals surface area contributed by atoms with E-state index in [0.29, 0.717) is 39.8 Å². The molecule has 0 spiro atoms. The summed E-state index contributed by atoms with van der Waals surface area (Å²) in [6.45, 7) is 1.39. The molecule has 1 amide bonds. The Hall–Kier alpha value is -0.0000000000000000555. The minimum Gasteiger partial charge on any atom is -0.383 e. The molecule has 0 aliphatic heterocycles. The number of hydrogen-bond acceptors (Lipinski definition) is 3. The zero-order valence-electron chi connectivity index (χ0n) is 9.21. The molecule has 0 atom stereocenters. The highest BCUT2D eigenvalue weighted by atomic mass is 35.5. The highest BCUT2D eigenvalue weighted by Gasteiger charge is 2.20. The van der Waals surface area contributed by atoms with Crippen LogP contribution >= 0.6 is 46.1 Å². The van der Waals surface area contributed by atoms with Crippen LogP contribution in [0, 0.1) is 0 Å². The van der Waals surface area contributed by atoms with Crippen molar-refractivity contribution in [2.24, 2.45) is 0 Å². The fourth-order valence-electron chi connectivity index (χ4n) is 1.27. The van der Waals surface area contributed by atoms with E-state index in [1.807, 2.05) is 0 Å². The van der Waals surface area contributed by atoms with Crippen LogP contribution in [0.3, 0.4) is 0 Å². The molecule has 1 aromatic rings. The first-order chi connectivity index (χ1) is 8.10. The summed E-state index contributed by atoms with van der Waals surface area (Å²) in [5.41, 5.74) is 0.419. The number of carbonyl (C=O) groups is 1. The van der Waals surface area contributed by atoms with E-state index in [-0.39, 0.29) is 5.91 Å².